The molecule has 0 atom stereocenters. The van der Waals surface area contributed by atoms with Gasteiger partial charge < -0.3 is 9.47 Å². The molecule has 22 heavy (non-hydrogen) atoms. The average Bonchev–Trinajstić information content (AvgIpc) is 2.91. The topological polar surface area (TPSA) is 72.8 Å². The number of aromatic nitrogens is 1. The van der Waals surface area contributed by atoms with Gasteiger partial charge in [0.25, 0.3) is 0 Å². The first-order valence-electron chi connectivity index (χ1n) is 6.56. The van der Waals surface area contributed by atoms with Crippen LogP contribution in [0.5, 0.6) is 11.5 Å². The predicted molar refractivity (Wildman–Crippen MR) is 85.8 cm³/mol. The molecule has 1 heterocycles. The summed E-state index contributed by atoms with van der Waals surface area (Å²) in [6.45, 7) is 1.90. The fourth-order valence-corrected chi connectivity index (χ4v) is 2.39. The van der Waals surface area contributed by atoms with E-state index in [4.69, 9.17) is 9.47 Å². The molecule has 1 aromatic carbocycles. The van der Waals surface area contributed by atoms with Crippen LogP contribution in [-0.2, 0) is 11.2 Å². The fraction of sp³-hybridized carbons (Fsp3) is 0.267. The molecule has 0 saturated carbocycles. The molecule has 0 aliphatic carbocycles. The molecule has 116 valence electrons. The molecule has 6 nitrogen and oxygen atoms in total. The van der Waals surface area contributed by atoms with Crippen molar-refractivity contribution in [3.8, 4) is 11.5 Å². The summed E-state index contributed by atoms with van der Waals surface area (Å²) in [5.74, 6) is 1.10. The van der Waals surface area contributed by atoms with Crippen LogP contribution >= 0.6 is 11.3 Å². The minimum Gasteiger partial charge on any atom is -0.497 e. The van der Waals surface area contributed by atoms with Crippen molar-refractivity contribution < 1.29 is 14.3 Å². The third-order valence-corrected chi connectivity index (χ3v) is 3.61. The lowest BCUT2D eigenvalue weighted by molar-refractivity contribution is -0.120. The van der Waals surface area contributed by atoms with Crippen LogP contribution in [0.3, 0.4) is 0 Å². The van der Waals surface area contributed by atoms with E-state index in [1.54, 1.807) is 32.4 Å². The monoisotopic (exact) mass is 319 g/mol. The van der Waals surface area contributed by atoms with Crippen molar-refractivity contribution in [1.82, 2.24) is 10.4 Å². The first kappa shape index (κ1) is 16.0. The summed E-state index contributed by atoms with van der Waals surface area (Å²) in [6, 6.07) is 5.35. The molecular weight excluding hydrogens is 302 g/mol. The van der Waals surface area contributed by atoms with Gasteiger partial charge in [-0.25, -0.2) is 10.4 Å². The molecule has 2 aromatic rings. The molecule has 0 aliphatic heterocycles. The van der Waals surface area contributed by atoms with Crippen LogP contribution in [-0.4, -0.2) is 31.3 Å². The van der Waals surface area contributed by atoms with Gasteiger partial charge in [0.05, 0.1) is 37.6 Å². The highest BCUT2D eigenvalue weighted by Crippen LogP contribution is 2.21. The summed E-state index contributed by atoms with van der Waals surface area (Å²) in [7, 11) is 3.15. The second kappa shape index (κ2) is 7.56. The van der Waals surface area contributed by atoms with Crippen LogP contribution in [0.1, 0.15) is 16.3 Å². The Labute approximate surface area is 132 Å². The predicted octanol–water partition coefficient (Wildman–Crippen LogP) is 2.16. The molecule has 0 aliphatic rings. The number of carbonyl (C=O) groups excluding carboxylic acids is 1. The number of rotatable bonds is 6. The number of ether oxygens (including phenoxy) is 2. The number of nitrogens with one attached hydrogen (secondary N) is 1. The van der Waals surface area contributed by atoms with E-state index in [-0.39, 0.29) is 12.3 Å². The lowest BCUT2D eigenvalue weighted by Gasteiger charge is -2.05. The second-order valence-corrected chi connectivity index (χ2v) is 5.54. The van der Waals surface area contributed by atoms with Crippen LogP contribution in [0.15, 0.2) is 28.7 Å². The average molecular weight is 319 g/mol. The number of methoxy groups -OCH3 is 2. The lowest BCUT2D eigenvalue weighted by Crippen LogP contribution is -2.19. The quantitative estimate of drug-likeness (QED) is 0.654. The van der Waals surface area contributed by atoms with Crippen molar-refractivity contribution in [3.05, 3.63) is 39.8 Å². The van der Waals surface area contributed by atoms with Gasteiger partial charge in [0.2, 0.25) is 5.91 Å². The molecule has 1 N–H and O–H groups in total. The van der Waals surface area contributed by atoms with Crippen LogP contribution in [0.2, 0.25) is 0 Å². The number of aryl methyl sites for hydroxylation is 1. The van der Waals surface area contributed by atoms with Gasteiger partial charge in [0.15, 0.2) is 0 Å². The van der Waals surface area contributed by atoms with Crippen LogP contribution in [0.4, 0.5) is 0 Å². The van der Waals surface area contributed by atoms with E-state index >= 15 is 0 Å². The van der Waals surface area contributed by atoms with E-state index in [9.17, 15) is 4.79 Å². The number of thiazole rings is 1. The summed E-state index contributed by atoms with van der Waals surface area (Å²) in [5.41, 5.74) is 3.99. The lowest BCUT2D eigenvalue weighted by atomic mass is 10.2. The van der Waals surface area contributed by atoms with Gasteiger partial charge in [0, 0.05) is 17.0 Å². The van der Waals surface area contributed by atoms with Gasteiger partial charge in [-0.05, 0) is 19.1 Å². The molecular formula is C15H17N3O3S. The number of benzene rings is 1. The van der Waals surface area contributed by atoms with Crippen molar-refractivity contribution in [2.75, 3.05) is 14.2 Å². The van der Waals surface area contributed by atoms with Crippen molar-refractivity contribution in [3.63, 3.8) is 0 Å². The SMILES string of the molecule is COc1cc(C=NNC(=O)Cc2csc(C)n2)cc(OC)c1. The normalized spacial score (nSPS) is 10.7. The van der Waals surface area contributed by atoms with E-state index in [1.807, 2.05) is 12.3 Å². The Balaban J connectivity index is 1.95. The number of nitrogens with zero attached hydrogens (tertiary/aromatic N) is 2. The Kier molecular flexibility index (Phi) is 5.48. The Morgan fingerprint density at radius 1 is 1.32 bits per heavy atom. The fourth-order valence-electron chi connectivity index (χ4n) is 1.78. The molecule has 1 aromatic heterocycles. The molecule has 0 bridgehead atoms. The van der Waals surface area contributed by atoms with E-state index in [2.05, 4.69) is 15.5 Å². The third-order valence-electron chi connectivity index (χ3n) is 2.78. The van der Waals surface area contributed by atoms with Crippen molar-refractivity contribution in [2.45, 2.75) is 13.3 Å². The van der Waals surface area contributed by atoms with Crippen LogP contribution < -0.4 is 14.9 Å². The maximum absolute atomic E-state index is 11.7. The van der Waals surface area contributed by atoms with Gasteiger partial charge in [-0.3, -0.25) is 4.79 Å². The van der Waals surface area contributed by atoms with Crippen LogP contribution in [0, 0.1) is 6.92 Å². The zero-order valence-corrected chi connectivity index (χ0v) is 13.4. The van der Waals surface area contributed by atoms with E-state index < -0.39 is 0 Å². The number of amides is 1. The minimum atomic E-state index is -0.212. The molecule has 0 spiro atoms. The van der Waals surface area contributed by atoms with Crippen molar-refractivity contribution in [2.24, 2.45) is 5.10 Å². The number of hydrogen-bond acceptors (Lipinski definition) is 6. The maximum atomic E-state index is 11.7. The second-order valence-electron chi connectivity index (χ2n) is 4.47. The summed E-state index contributed by atoms with van der Waals surface area (Å²) in [5, 5.41) is 6.74. The zero-order chi connectivity index (χ0) is 15.9. The minimum absolute atomic E-state index is 0.211. The molecule has 7 heteroatoms. The number of hydrazone groups is 1. The summed E-state index contributed by atoms with van der Waals surface area (Å²) < 4.78 is 10.3. The highest BCUT2D eigenvalue weighted by atomic mass is 32.1. The van der Waals surface area contributed by atoms with E-state index in [1.165, 1.54) is 17.6 Å². The first-order chi connectivity index (χ1) is 10.6. The molecule has 2 rings (SSSR count). The summed E-state index contributed by atoms with van der Waals surface area (Å²) >= 11 is 1.52. The summed E-state index contributed by atoms with van der Waals surface area (Å²) in [6.07, 6.45) is 1.75. The van der Waals surface area contributed by atoms with Gasteiger partial charge in [-0.15, -0.1) is 11.3 Å². The Hall–Kier alpha value is -2.41. The zero-order valence-electron chi connectivity index (χ0n) is 12.6. The van der Waals surface area contributed by atoms with Gasteiger partial charge >= 0.3 is 0 Å². The largest absolute Gasteiger partial charge is 0.497 e. The Morgan fingerprint density at radius 2 is 2.00 bits per heavy atom. The van der Waals surface area contributed by atoms with Crippen molar-refractivity contribution in [1.29, 1.82) is 0 Å². The Morgan fingerprint density at radius 3 is 2.55 bits per heavy atom. The van der Waals surface area contributed by atoms with E-state index in [0.717, 1.165) is 16.3 Å². The summed E-state index contributed by atoms with van der Waals surface area (Å²) in [4.78, 5) is 16.0. The molecule has 0 radical (unpaired) electrons. The third kappa shape index (κ3) is 4.56. The molecule has 0 fully saturated rings. The number of hydrogen-bond donors (Lipinski definition) is 1. The molecule has 1 amide bonds. The van der Waals surface area contributed by atoms with E-state index in [0.29, 0.717) is 11.5 Å². The molecule has 0 saturated heterocycles. The van der Waals surface area contributed by atoms with Gasteiger partial charge in [-0.2, -0.15) is 5.10 Å². The van der Waals surface area contributed by atoms with Crippen LogP contribution in [0.25, 0.3) is 0 Å². The van der Waals surface area contributed by atoms with Gasteiger partial charge in [0.1, 0.15) is 11.5 Å². The first-order valence-corrected chi connectivity index (χ1v) is 7.44. The highest BCUT2D eigenvalue weighted by molar-refractivity contribution is 7.09. The Bertz CT molecular complexity index is 660. The number of carbonyl (C=O) groups is 1. The van der Waals surface area contributed by atoms with Crippen molar-refractivity contribution >= 4 is 23.5 Å². The van der Waals surface area contributed by atoms with Gasteiger partial charge in [-0.1, -0.05) is 0 Å². The molecule has 0 unspecified atom stereocenters. The maximum Gasteiger partial charge on any atom is 0.246 e. The standard InChI is InChI=1S/C15H17N3O3S/c1-10-17-12(9-22-10)6-15(19)18-16-8-11-4-13(20-2)7-14(5-11)21-3/h4-5,7-9H,6H2,1-3H3,(H,18,19). The smallest absolute Gasteiger partial charge is 0.246 e. The highest BCUT2D eigenvalue weighted by Gasteiger charge is 2.05.